The first kappa shape index (κ1) is 21.4. The smallest absolute Gasteiger partial charge is 0.231 e. The molecule has 3 heterocycles. The lowest BCUT2D eigenvalue weighted by molar-refractivity contribution is -0.115. The molecule has 0 aliphatic carbocycles. The van der Waals surface area contributed by atoms with Crippen LogP contribution in [0.15, 0.2) is 54.6 Å². The zero-order chi connectivity index (χ0) is 23.7. The van der Waals surface area contributed by atoms with Gasteiger partial charge in [-0.05, 0) is 68.8 Å². The third-order valence-corrected chi connectivity index (χ3v) is 5.19. The maximum absolute atomic E-state index is 12.5. The molecule has 172 valence electrons. The van der Waals surface area contributed by atoms with Crippen LogP contribution in [0, 0.1) is 20.8 Å². The van der Waals surface area contributed by atoms with Crippen LogP contribution in [-0.4, -0.2) is 32.4 Å². The topological polar surface area (TPSA) is 100 Å². The number of rotatable bonds is 6. The van der Waals surface area contributed by atoms with Gasteiger partial charge in [0.1, 0.15) is 11.6 Å². The van der Waals surface area contributed by atoms with Crippen LogP contribution in [0.2, 0.25) is 0 Å². The molecule has 1 aliphatic rings. The van der Waals surface area contributed by atoms with E-state index >= 15 is 0 Å². The quantitative estimate of drug-likeness (QED) is 0.461. The highest BCUT2D eigenvalue weighted by molar-refractivity contribution is 5.92. The van der Waals surface area contributed by atoms with E-state index in [1.807, 2.05) is 38.1 Å². The van der Waals surface area contributed by atoms with E-state index in [0.29, 0.717) is 40.5 Å². The molecule has 34 heavy (non-hydrogen) atoms. The van der Waals surface area contributed by atoms with Crippen LogP contribution >= 0.6 is 0 Å². The Kier molecular flexibility index (Phi) is 5.59. The Morgan fingerprint density at radius 2 is 1.79 bits per heavy atom. The van der Waals surface area contributed by atoms with Gasteiger partial charge >= 0.3 is 0 Å². The molecule has 0 fully saturated rings. The van der Waals surface area contributed by atoms with Gasteiger partial charge in [0.05, 0.1) is 12.1 Å². The van der Waals surface area contributed by atoms with Crippen molar-refractivity contribution in [3.63, 3.8) is 0 Å². The number of aryl methyl sites for hydroxylation is 3. The van der Waals surface area contributed by atoms with Crippen LogP contribution in [0.1, 0.15) is 22.8 Å². The molecule has 0 bridgehead atoms. The summed E-state index contributed by atoms with van der Waals surface area (Å²) in [5.74, 6) is 3.44. The molecule has 0 unspecified atom stereocenters. The van der Waals surface area contributed by atoms with Gasteiger partial charge in [-0.25, -0.2) is 9.67 Å². The maximum Gasteiger partial charge on any atom is 0.231 e. The van der Waals surface area contributed by atoms with E-state index in [4.69, 9.17) is 14.2 Å². The number of amides is 1. The van der Waals surface area contributed by atoms with E-state index in [2.05, 4.69) is 20.4 Å². The highest BCUT2D eigenvalue weighted by atomic mass is 16.7. The third kappa shape index (κ3) is 4.68. The van der Waals surface area contributed by atoms with Crippen LogP contribution in [0.4, 0.5) is 5.69 Å². The van der Waals surface area contributed by atoms with E-state index in [1.165, 1.54) is 0 Å². The first-order valence-electron chi connectivity index (χ1n) is 10.8. The van der Waals surface area contributed by atoms with E-state index in [9.17, 15) is 4.79 Å². The van der Waals surface area contributed by atoms with Crippen molar-refractivity contribution >= 4 is 11.6 Å². The molecule has 0 atom stereocenters. The summed E-state index contributed by atoms with van der Waals surface area (Å²) in [6.07, 6.45) is 0.226. The lowest BCUT2D eigenvalue weighted by Crippen LogP contribution is -2.14. The van der Waals surface area contributed by atoms with Crippen molar-refractivity contribution in [2.75, 3.05) is 12.1 Å². The second-order valence-electron chi connectivity index (χ2n) is 7.99. The fourth-order valence-electron chi connectivity index (χ4n) is 3.72. The van der Waals surface area contributed by atoms with E-state index in [0.717, 1.165) is 17.0 Å². The fourth-order valence-corrected chi connectivity index (χ4v) is 3.72. The number of carbonyl (C=O) groups excluding carboxylic acids is 1. The lowest BCUT2D eigenvalue weighted by Gasteiger charge is -2.10. The summed E-state index contributed by atoms with van der Waals surface area (Å²) < 4.78 is 18.4. The van der Waals surface area contributed by atoms with Crippen LogP contribution in [0.25, 0.3) is 5.82 Å². The molecule has 0 saturated carbocycles. The van der Waals surface area contributed by atoms with Gasteiger partial charge in [-0.2, -0.15) is 10.1 Å². The van der Waals surface area contributed by atoms with Gasteiger partial charge in [-0.1, -0.05) is 6.07 Å². The number of fused-ring (bicyclic) bond motifs is 1. The fraction of sp³-hybridized carbons (Fsp3) is 0.200. The molecular weight excluding hydrogens is 434 g/mol. The molecule has 9 nitrogen and oxygen atoms in total. The summed E-state index contributed by atoms with van der Waals surface area (Å²) in [7, 11) is 0. The molecule has 0 radical (unpaired) electrons. The largest absolute Gasteiger partial charge is 0.454 e. The van der Waals surface area contributed by atoms with Gasteiger partial charge in [0.15, 0.2) is 17.3 Å². The molecule has 9 heteroatoms. The van der Waals surface area contributed by atoms with Crippen LogP contribution < -0.4 is 19.5 Å². The summed E-state index contributed by atoms with van der Waals surface area (Å²) >= 11 is 0. The van der Waals surface area contributed by atoms with E-state index in [-0.39, 0.29) is 19.1 Å². The normalized spacial score (nSPS) is 12.0. The molecular formula is C25H23N5O4. The third-order valence-electron chi connectivity index (χ3n) is 5.19. The number of hydrogen-bond acceptors (Lipinski definition) is 7. The Hall–Kier alpha value is -4.40. The second-order valence-corrected chi connectivity index (χ2v) is 7.99. The molecule has 0 saturated heterocycles. The molecule has 2 aromatic heterocycles. The number of benzene rings is 2. The van der Waals surface area contributed by atoms with Gasteiger partial charge in [0.25, 0.3) is 0 Å². The van der Waals surface area contributed by atoms with Crippen LogP contribution in [-0.2, 0) is 11.2 Å². The molecule has 5 rings (SSSR count). The van der Waals surface area contributed by atoms with Crippen molar-refractivity contribution in [2.24, 2.45) is 0 Å². The van der Waals surface area contributed by atoms with Gasteiger partial charge < -0.3 is 19.5 Å². The molecule has 1 aliphatic heterocycles. The Labute approximate surface area is 196 Å². The Balaban J connectivity index is 1.24. The summed E-state index contributed by atoms with van der Waals surface area (Å²) in [4.78, 5) is 21.3. The van der Waals surface area contributed by atoms with Gasteiger partial charge in [0.2, 0.25) is 18.6 Å². The minimum Gasteiger partial charge on any atom is -0.454 e. The van der Waals surface area contributed by atoms with E-state index in [1.54, 1.807) is 41.9 Å². The molecule has 4 aromatic rings. The highest BCUT2D eigenvalue weighted by Gasteiger charge is 2.15. The zero-order valence-corrected chi connectivity index (χ0v) is 19.0. The Morgan fingerprint density at radius 3 is 2.56 bits per heavy atom. The van der Waals surface area contributed by atoms with Crippen molar-refractivity contribution in [1.29, 1.82) is 0 Å². The number of nitrogens with one attached hydrogen (secondary N) is 1. The number of anilines is 1. The number of hydrogen-bond donors (Lipinski definition) is 1. The molecule has 1 N–H and O–H groups in total. The predicted molar refractivity (Wildman–Crippen MR) is 125 cm³/mol. The second kappa shape index (κ2) is 8.86. The number of aromatic nitrogens is 4. The van der Waals surface area contributed by atoms with Crippen molar-refractivity contribution in [3.8, 4) is 28.9 Å². The summed E-state index contributed by atoms with van der Waals surface area (Å²) in [6.45, 7) is 5.92. The van der Waals surface area contributed by atoms with E-state index < -0.39 is 0 Å². The summed E-state index contributed by atoms with van der Waals surface area (Å²) in [5, 5.41) is 7.37. The monoisotopic (exact) mass is 457 g/mol. The zero-order valence-electron chi connectivity index (χ0n) is 19.0. The van der Waals surface area contributed by atoms with Gasteiger partial charge in [-0.3, -0.25) is 4.79 Å². The number of nitrogens with zero attached hydrogens (tertiary/aromatic N) is 4. The standard InChI is InChI=1S/C25H23N5O4/c1-15-10-16(2)30(29-15)23-13-25(27-17(3)26-23)34-20-7-5-19(6-8-20)28-24(31)12-18-4-9-21-22(11-18)33-14-32-21/h4-11,13H,12,14H2,1-3H3,(H,28,31). The molecule has 0 spiro atoms. The van der Waals surface area contributed by atoms with Crippen molar-refractivity contribution in [1.82, 2.24) is 19.7 Å². The average Bonchev–Trinajstić information content (AvgIpc) is 3.39. The van der Waals surface area contributed by atoms with Gasteiger partial charge in [-0.15, -0.1) is 0 Å². The van der Waals surface area contributed by atoms with Crippen molar-refractivity contribution < 1.29 is 19.0 Å². The Bertz CT molecular complexity index is 1360. The van der Waals surface area contributed by atoms with Crippen molar-refractivity contribution in [2.45, 2.75) is 27.2 Å². The minimum absolute atomic E-state index is 0.131. The summed E-state index contributed by atoms with van der Waals surface area (Å²) in [5.41, 5.74) is 3.40. The van der Waals surface area contributed by atoms with Crippen LogP contribution in [0.5, 0.6) is 23.1 Å². The molecule has 1 amide bonds. The average molecular weight is 457 g/mol. The maximum atomic E-state index is 12.5. The summed E-state index contributed by atoms with van der Waals surface area (Å²) in [6, 6.07) is 16.3. The predicted octanol–water partition coefficient (Wildman–Crippen LogP) is 4.29. The lowest BCUT2D eigenvalue weighted by atomic mass is 10.1. The molecule has 2 aromatic carbocycles. The SMILES string of the molecule is Cc1cc(C)n(-c2cc(Oc3ccc(NC(=O)Cc4ccc5c(c4)OCO5)cc3)nc(C)n2)n1. The highest BCUT2D eigenvalue weighted by Crippen LogP contribution is 2.32. The first-order chi connectivity index (χ1) is 16.4. The van der Waals surface area contributed by atoms with Crippen LogP contribution in [0.3, 0.4) is 0 Å². The first-order valence-corrected chi connectivity index (χ1v) is 10.8. The van der Waals surface area contributed by atoms with Crippen molar-refractivity contribution in [3.05, 3.63) is 77.4 Å². The number of carbonyl (C=O) groups is 1. The minimum atomic E-state index is -0.131. The number of ether oxygens (including phenoxy) is 3. The van der Waals surface area contributed by atoms with Gasteiger partial charge in [0, 0.05) is 17.4 Å². The Morgan fingerprint density at radius 1 is 1.00 bits per heavy atom.